The Bertz CT molecular complexity index is 4080. The normalized spacial score (nSPS) is 16.9. The van der Waals surface area contributed by atoms with E-state index in [4.69, 9.17) is 5.73 Å². The van der Waals surface area contributed by atoms with Gasteiger partial charge in [-0.3, -0.25) is 66.4 Å². The molecule has 490 valence electrons. The second-order valence-corrected chi connectivity index (χ2v) is 24.2. The summed E-state index contributed by atoms with van der Waals surface area (Å²) in [5, 5.41) is 22.4. The Kier molecular flexibility index (Phi) is 21.7. The van der Waals surface area contributed by atoms with E-state index in [-0.39, 0.29) is 45.1 Å². The van der Waals surface area contributed by atoms with E-state index in [0.717, 1.165) is 12.0 Å². The molecule has 4 aromatic heterocycles. The van der Waals surface area contributed by atoms with Gasteiger partial charge in [0, 0.05) is 78.9 Å². The molecule has 2 aliphatic heterocycles. The molecular formula is C69H78N14O11. The number of likely N-dealkylation sites (tertiary alicyclic amines) is 1. The molecule has 0 spiro atoms. The molecule has 0 bridgehead atoms. The molecular weight excluding hydrogens is 1200 g/mol. The maximum Gasteiger partial charge on any atom is 0.246 e. The fourth-order valence-electron chi connectivity index (χ4n) is 12.8. The van der Waals surface area contributed by atoms with Crippen molar-refractivity contribution in [3.8, 4) is 0 Å². The van der Waals surface area contributed by atoms with E-state index in [1.165, 1.54) is 31.1 Å². The minimum absolute atomic E-state index is 0.0191. The quantitative estimate of drug-likeness (QED) is 0.0283. The molecule has 2 fully saturated rings. The minimum Gasteiger partial charge on any atom is -0.368 e. The van der Waals surface area contributed by atoms with Crippen molar-refractivity contribution in [2.75, 3.05) is 13.1 Å². The van der Waals surface area contributed by atoms with Gasteiger partial charge in [0.2, 0.25) is 66.5 Å². The lowest BCUT2D eigenvalue weighted by Crippen LogP contribution is -2.61. The van der Waals surface area contributed by atoms with Gasteiger partial charge in [0.1, 0.15) is 42.3 Å². The summed E-state index contributed by atoms with van der Waals surface area (Å²) in [5.74, 6) is -6.14. The molecule has 10 rings (SSSR count). The second-order valence-electron chi connectivity index (χ2n) is 24.2. The Morgan fingerprint density at radius 1 is 0.585 bits per heavy atom. The number of imidazole rings is 1. The van der Waals surface area contributed by atoms with Crippen LogP contribution in [-0.4, -0.2) is 156 Å². The number of nitrogens with two attached hydrogens (primary N) is 1. The monoisotopic (exact) mass is 1280 g/mol. The van der Waals surface area contributed by atoms with Crippen LogP contribution in [0.15, 0.2) is 134 Å². The van der Waals surface area contributed by atoms with Crippen molar-refractivity contribution in [1.29, 1.82) is 0 Å². The number of carbonyl (C=O) groups is 11. The van der Waals surface area contributed by atoms with Crippen LogP contribution in [0.1, 0.15) is 86.7 Å². The number of carbonyl (C=O) groups excluding carboxylic acids is 11. The van der Waals surface area contributed by atoms with Crippen molar-refractivity contribution >= 4 is 99.2 Å². The second kappa shape index (κ2) is 30.7. The summed E-state index contributed by atoms with van der Waals surface area (Å²) in [5.41, 5.74) is 10.7. The fourth-order valence-corrected chi connectivity index (χ4v) is 12.8. The SMILES string of the molecule is CC[C@H](C)[C@H](NC(=O)[C@H](CCCc1ccccc1)NC(=O)[C@H](Cc1cnc[nH]1)NC(=O)[C@H](Cc1cn(C=O)c2ccccc12)NC(=O)[C@@H]1CCCN1C(=O)[C@H](Cc1cn(C=O)c2ccccc12)NC(=O)[C@@H]1CCCN1)C(=O)N[C@@H](Cc1cn(C=O)c2ccccc12)C(N)=O. The predicted octanol–water partition coefficient (Wildman–Crippen LogP) is 2.87. The number of aromatic amines is 1. The van der Waals surface area contributed by atoms with Crippen molar-refractivity contribution in [2.45, 2.75) is 139 Å². The van der Waals surface area contributed by atoms with E-state index in [1.807, 2.05) is 43.3 Å². The van der Waals surface area contributed by atoms with Gasteiger partial charge >= 0.3 is 0 Å². The van der Waals surface area contributed by atoms with Gasteiger partial charge in [-0.25, -0.2) is 4.98 Å². The van der Waals surface area contributed by atoms with Crippen molar-refractivity contribution in [3.63, 3.8) is 0 Å². The van der Waals surface area contributed by atoms with E-state index < -0.39 is 102 Å². The molecule has 94 heavy (non-hydrogen) atoms. The number of amides is 8. The van der Waals surface area contributed by atoms with Gasteiger partial charge in [0.05, 0.1) is 28.9 Å². The van der Waals surface area contributed by atoms with Gasteiger partial charge in [-0.15, -0.1) is 0 Å². The number of aryl methyl sites for hydroxylation is 1. The number of nitrogens with zero attached hydrogens (tertiary/aromatic N) is 5. The molecule has 2 saturated heterocycles. The van der Waals surface area contributed by atoms with E-state index in [9.17, 15) is 33.6 Å². The summed E-state index contributed by atoms with van der Waals surface area (Å²) in [6.07, 6.45) is 12.2. The van der Waals surface area contributed by atoms with Crippen LogP contribution in [0.5, 0.6) is 0 Å². The molecule has 4 aromatic carbocycles. The molecule has 8 aromatic rings. The third-order valence-corrected chi connectivity index (χ3v) is 18.0. The zero-order chi connectivity index (χ0) is 66.4. The van der Waals surface area contributed by atoms with E-state index in [1.54, 1.807) is 92.2 Å². The number of primary amides is 1. The number of hydrogen-bond donors (Lipinski definition) is 9. The largest absolute Gasteiger partial charge is 0.368 e. The summed E-state index contributed by atoms with van der Waals surface area (Å²) in [7, 11) is 0. The third kappa shape index (κ3) is 15.5. The maximum atomic E-state index is 15.3. The third-order valence-electron chi connectivity index (χ3n) is 18.0. The zero-order valence-electron chi connectivity index (χ0n) is 52.3. The molecule has 0 unspecified atom stereocenters. The van der Waals surface area contributed by atoms with Crippen molar-refractivity contribution in [2.24, 2.45) is 11.7 Å². The number of fused-ring (bicyclic) bond motifs is 3. The number of benzene rings is 4. The lowest BCUT2D eigenvalue weighted by molar-refractivity contribution is -0.142. The highest BCUT2D eigenvalue weighted by Gasteiger charge is 2.41. The Hall–Kier alpha value is -10.6. The fraction of sp³-hybridized carbons (Fsp3) is 0.362. The van der Waals surface area contributed by atoms with Crippen LogP contribution in [0.25, 0.3) is 32.7 Å². The highest BCUT2D eigenvalue weighted by molar-refractivity contribution is 6.00. The van der Waals surface area contributed by atoms with Crippen molar-refractivity contribution in [1.82, 2.24) is 65.8 Å². The minimum atomic E-state index is -1.47. The first-order valence-electron chi connectivity index (χ1n) is 31.8. The number of rotatable bonds is 31. The van der Waals surface area contributed by atoms with Crippen LogP contribution >= 0.6 is 0 Å². The Morgan fingerprint density at radius 2 is 1.10 bits per heavy atom. The van der Waals surface area contributed by atoms with Gasteiger partial charge < -0.3 is 52.8 Å². The van der Waals surface area contributed by atoms with Crippen LogP contribution in [0.2, 0.25) is 0 Å². The van der Waals surface area contributed by atoms with Crippen LogP contribution in [-0.2, 0) is 84.8 Å². The van der Waals surface area contributed by atoms with Crippen LogP contribution in [0.4, 0.5) is 0 Å². The lowest BCUT2D eigenvalue weighted by atomic mass is 9.96. The highest BCUT2D eigenvalue weighted by atomic mass is 16.2. The molecule has 2 aliphatic rings. The summed E-state index contributed by atoms with van der Waals surface area (Å²) < 4.78 is 4.12. The van der Waals surface area contributed by atoms with Crippen LogP contribution < -0.4 is 43.0 Å². The number of hydrogen-bond acceptors (Lipinski definition) is 13. The van der Waals surface area contributed by atoms with Gasteiger partial charge in [-0.2, -0.15) is 0 Å². The summed E-state index contributed by atoms with van der Waals surface area (Å²) >= 11 is 0. The summed E-state index contributed by atoms with van der Waals surface area (Å²) in [6.45, 7) is 4.32. The lowest BCUT2D eigenvalue weighted by Gasteiger charge is -2.31. The topological polar surface area (TPSA) is 345 Å². The molecule has 25 heteroatoms. The molecule has 10 N–H and O–H groups in total. The highest BCUT2D eigenvalue weighted by Crippen LogP contribution is 2.28. The first kappa shape index (κ1) is 66.4. The first-order valence-corrected chi connectivity index (χ1v) is 31.8. The average Bonchev–Trinajstić information content (AvgIpc) is 1.66. The molecule has 0 saturated carbocycles. The van der Waals surface area contributed by atoms with E-state index in [0.29, 0.717) is 113 Å². The van der Waals surface area contributed by atoms with Gasteiger partial charge in [0.25, 0.3) is 0 Å². The predicted molar refractivity (Wildman–Crippen MR) is 351 cm³/mol. The molecule has 9 atom stereocenters. The van der Waals surface area contributed by atoms with Gasteiger partial charge in [-0.1, -0.05) is 105 Å². The Morgan fingerprint density at radius 3 is 1.63 bits per heavy atom. The number of para-hydroxylation sites is 3. The molecule has 25 nitrogen and oxygen atoms in total. The van der Waals surface area contributed by atoms with Crippen molar-refractivity contribution < 1.29 is 52.7 Å². The van der Waals surface area contributed by atoms with E-state index >= 15 is 19.2 Å². The van der Waals surface area contributed by atoms with Crippen LogP contribution in [0.3, 0.4) is 0 Å². The Labute approximate surface area is 541 Å². The molecule has 8 amide bonds. The van der Waals surface area contributed by atoms with Gasteiger partial charge in [-0.05, 0) is 97.9 Å². The molecule has 0 radical (unpaired) electrons. The summed E-state index contributed by atoms with van der Waals surface area (Å²) in [4.78, 5) is 162. The molecule has 6 heterocycles. The standard InChI is InChI=1S/C69H78N14O11/c1-3-42(2)61(68(93)75-53(62(70)87)30-44-35-80(39-84)57-24-10-7-19-48(44)57)79-64(89)52(22-13-18-43-16-5-4-6-17-43)74-66(91)55(33-47-34-71-38-73-47)76-65(90)54(31-45-36-81(40-85)58-25-11-8-20-49(45)58)77-67(92)60-27-15-29-83(60)69(94)56(78-63(88)51-23-14-28-72-51)32-46-37-82(41-86)59-26-12-9-21-50(46)59/h4-12,16-17,19-21,24-26,34-42,51-56,60-61,72H,3,13-15,18,22-23,27-33H2,1-2H3,(H2,70,87)(H,71,73)(H,74,91)(H,75,93)(H,76,90)(H,77,92)(H,78,88)(H,79,89)/t42-,51-,52-,53-,54-,55-,56-,60-,61-/m0/s1. The summed E-state index contributed by atoms with van der Waals surface area (Å²) in [6, 6.07) is 21.1. The van der Waals surface area contributed by atoms with Crippen molar-refractivity contribution in [3.05, 3.63) is 162 Å². The number of nitrogens with one attached hydrogen (secondary N) is 8. The van der Waals surface area contributed by atoms with Gasteiger partial charge in [0.15, 0.2) is 0 Å². The van der Waals surface area contributed by atoms with E-state index in [2.05, 4.69) is 47.2 Å². The Balaban J connectivity index is 0.918. The van der Waals surface area contributed by atoms with Crippen LogP contribution in [0, 0.1) is 5.92 Å². The smallest absolute Gasteiger partial charge is 0.246 e. The molecule has 0 aliphatic carbocycles. The first-order chi connectivity index (χ1) is 45.5. The average molecular weight is 1280 g/mol. The zero-order valence-corrected chi connectivity index (χ0v) is 52.3. The maximum absolute atomic E-state index is 15.3. The number of H-pyrrole nitrogens is 1. The number of aromatic nitrogens is 5.